The number of nitrogens with zero attached hydrogens (tertiary/aromatic N) is 1. The van der Waals surface area contributed by atoms with Gasteiger partial charge in [-0.25, -0.2) is 0 Å². The summed E-state index contributed by atoms with van der Waals surface area (Å²) in [5.74, 6) is 0.0634. The SMILES string of the molecule is CCN(CCC(=O)Nc1c(C)cccc1C)c1cccc(C)c1. The number of nitrogens with one attached hydrogen (secondary N) is 1. The van der Waals surface area contributed by atoms with Crippen LogP contribution in [0.15, 0.2) is 42.5 Å². The van der Waals surface area contributed by atoms with Gasteiger partial charge < -0.3 is 10.2 Å². The van der Waals surface area contributed by atoms with E-state index in [4.69, 9.17) is 0 Å². The van der Waals surface area contributed by atoms with E-state index in [-0.39, 0.29) is 5.91 Å². The Bertz CT molecular complexity index is 659. The predicted molar refractivity (Wildman–Crippen MR) is 98.2 cm³/mol. The zero-order valence-corrected chi connectivity index (χ0v) is 14.5. The highest BCUT2D eigenvalue weighted by atomic mass is 16.1. The highest BCUT2D eigenvalue weighted by molar-refractivity contribution is 5.92. The molecule has 0 saturated carbocycles. The molecule has 0 aliphatic rings. The Balaban J connectivity index is 1.98. The Kier molecular flexibility index (Phi) is 5.80. The van der Waals surface area contributed by atoms with Gasteiger partial charge in [-0.3, -0.25) is 4.79 Å². The van der Waals surface area contributed by atoms with Crippen LogP contribution in [-0.4, -0.2) is 19.0 Å². The van der Waals surface area contributed by atoms with Gasteiger partial charge in [-0.05, 0) is 56.5 Å². The van der Waals surface area contributed by atoms with E-state index in [1.54, 1.807) is 0 Å². The molecule has 2 aromatic rings. The van der Waals surface area contributed by atoms with Crippen LogP contribution in [0, 0.1) is 20.8 Å². The second-order valence-electron chi connectivity index (χ2n) is 5.98. The van der Waals surface area contributed by atoms with Gasteiger partial charge in [-0.1, -0.05) is 30.3 Å². The van der Waals surface area contributed by atoms with Crippen molar-refractivity contribution in [1.82, 2.24) is 0 Å². The van der Waals surface area contributed by atoms with Crippen molar-refractivity contribution in [2.45, 2.75) is 34.1 Å². The molecule has 0 saturated heterocycles. The van der Waals surface area contributed by atoms with Crippen LogP contribution in [0.3, 0.4) is 0 Å². The predicted octanol–water partition coefficient (Wildman–Crippen LogP) is 4.47. The van der Waals surface area contributed by atoms with Crippen molar-refractivity contribution in [2.24, 2.45) is 0 Å². The maximum Gasteiger partial charge on any atom is 0.226 e. The van der Waals surface area contributed by atoms with E-state index in [2.05, 4.69) is 48.3 Å². The van der Waals surface area contributed by atoms with Crippen molar-refractivity contribution in [3.63, 3.8) is 0 Å². The van der Waals surface area contributed by atoms with Crippen molar-refractivity contribution in [2.75, 3.05) is 23.3 Å². The van der Waals surface area contributed by atoms with Crippen LogP contribution < -0.4 is 10.2 Å². The standard InChI is InChI=1S/C20H26N2O/c1-5-22(18-11-6-8-15(2)14-18)13-12-19(23)21-20-16(3)9-7-10-17(20)4/h6-11,14H,5,12-13H2,1-4H3,(H,21,23). The second kappa shape index (κ2) is 7.82. The van der Waals surface area contributed by atoms with Crippen molar-refractivity contribution < 1.29 is 4.79 Å². The fraction of sp³-hybridized carbons (Fsp3) is 0.350. The number of hydrogen-bond acceptors (Lipinski definition) is 2. The zero-order chi connectivity index (χ0) is 16.8. The van der Waals surface area contributed by atoms with Gasteiger partial charge in [0.2, 0.25) is 5.91 Å². The van der Waals surface area contributed by atoms with E-state index in [9.17, 15) is 4.79 Å². The quantitative estimate of drug-likeness (QED) is 0.854. The van der Waals surface area contributed by atoms with Crippen LogP contribution in [0.5, 0.6) is 0 Å². The normalized spacial score (nSPS) is 10.4. The average Bonchev–Trinajstić information content (AvgIpc) is 2.52. The van der Waals surface area contributed by atoms with Gasteiger partial charge in [0.05, 0.1) is 0 Å². The zero-order valence-electron chi connectivity index (χ0n) is 14.5. The molecule has 0 unspecified atom stereocenters. The van der Waals surface area contributed by atoms with Gasteiger partial charge in [0.1, 0.15) is 0 Å². The molecule has 2 aromatic carbocycles. The van der Waals surface area contributed by atoms with Crippen LogP contribution in [0.2, 0.25) is 0 Å². The molecule has 0 heterocycles. The first-order chi connectivity index (χ1) is 11.0. The number of rotatable bonds is 6. The van der Waals surface area contributed by atoms with Gasteiger partial charge in [-0.15, -0.1) is 0 Å². The monoisotopic (exact) mass is 310 g/mol. The Morgan fingerprint density at radius 2 is 1.70 bits per heavy atom. The summed E-state index contributed by atoms with van der Waals surface area (Å²) in [7, 11) is 0. The maximum atomic E-state index is 12.3. The largest absolute Gasteiger partial charge is 0.371 e. The summed E-state index contributed by atoms with van der Waals surface area (Å²) in [4.78, 5) is 14.5. The summed E-state index contributed by atoms with van der Waals surface area (Å²) in [5.41, 5.74) is 5.55. The Morgan fingerprint density at radius 3 is 2.30 bits per heavy atom. The van der Waals surface area contributed by atoms with Gasteiger partial charge >= 0.3 is 0 Å². The molecule has 0 spiro atoms. The van der Waals surface area contributed by atoms with Crippen molar-refractivity contribution >= 4 is 17.3 Å². The molecule has 23 heavy (non-hydrogen) atoms. The minimum Gasteiger partial charge on any atom is -0.371 e. The Labute approximate surface area is 139 Å². The number of hydrogen-bond donors (Lipinski definition) is 1. The number of anilines is 2. The highest BCUT2D eigenvalue weighted by Crippen LogP contribution is 2.20. The van der Waals surface area contributed by atoms with Crippen molar-refractivity contribution in [3.8, 4) is 0 Å². The molecule has 1 amide bonds. The molecule has 0 fully saturated rings. The molecular weight excluding hydrogens is 284 g/mol. The average molecular weight is 310 g/mol. The summed E-state index contributed by atoms with van der Waals surface area (Å²) in [6.07, 6.45) is 0.482. The Hall–Kier alpha value is -2.29. The lowest BCUT2D eigenvalue weighted by atomic mass is 10.1. The lowest BCUT2D eigenvalue weighted by molar-refractivity contribution is -0.116. The van der Waals surface area contributed by atoms with Crippen LogP contribution in [-0.2, 0) is 4.79 Å². The lowest BCUT2D eigenvalue weighted by Crippen LogP contribution is -2.27. The molecular formula is C20H26N2O. The summed E-state index contributed by atoms with van der Waals surface area (Å²) in [5, 5.41) is 3.06. The number of amides is 1. The third-order valence-electron chi connectivity index (χ3n) is 4.10. The first kappa shape index (κ1) is 17.1. The molecule has 0 radical (unpaired) electrons. The number of benzene rings is 2. The smallest absolute Gasteiger partial charge is 0.226 e. The third-order valence-corrected chi connectivity index (χ3v) is 4.10. The molecule has 0 aromatic heterocycles. The fourth-order valence-electron chi connectivity index (χ4n) is 2.74. The molecule has 3 nitrogen and oxygen atoms in total. The fourth-order valence-corrected chi connectivity index (χ4v) is 2.74. The second-order valence-corrected chi connectivity index (χ2v) is 5.98. The van der Waals surface area contributed by atoms with Crippen molar-refractivity contribution in [3.05, 3.63) is 59.2 Å². The van der Waals surface area contributed by atoms with E-state index < -0.39 is 0 Å². The molecule has 2 rings (SSSR count). The van der Waals surface area contributed by atoms with Gasteiger partial charge in [0.15, 0.2) is 0 Å². The molecule has 1 N–H and O–H groups in total. The van der Waals surface area contributed by atoms with Crippen LogP contribution in [0.4, 0.5) is 11.4 Å². The van der Waals surface area contributed by atoms with Gasteiger partial charge in [0, 0.05) is 30.9 Å². The molecule has 122 valence electrons. The highest BCUT2D eigenvalue weighted by Gasteiger charge is 2.10. The number of carbonyl (C=O) groups excluding carboxylic acids is 1. The van der Waals surface area contributed by atoms with E-state index in [1.807, 2.05) is 32.0 Å². The topological polar surface area (TPSA) is 32.3 Å². The number of aryl methyl sites for hydroxylation is 3. The van der Waals surface area contributed by atoms with Crippen molar-refractivity contribution in [1.29, 1.82) is 0 Å². The maximum absolute atomic E-state index is 12.3. The molecule has 0 atom stereocenters. The summed E-state index contributed by atoms with van der Waals surface area (Å²) < 4.78 is 0. The summed E-state index contributed by atoms with van der Waals surface area (Å²) >= 11 is 0. The van der Waals surface area contributed by atoms with Crippen LogP contribution >= 0.6 is 0 Å². The van der Waals surface area contributed by atoms with Crippen LogP contribution in [0.25, 0.3) is 0 Å². The van der Waals surface area contributed by atoms with E-state index in [0.29, 0.717) is 6.42 Å². The van der Waals surface area contributed by atoms with Crippen LogP contribution in [0.1, 0.15) is 30.0 Å². The van der Waals surface area contributed by atoms with Gasteiger partial charge in [0.25, 0.3) is 0 Å². The first-order valence-corrected chi connectivity index (χ1v) is 8.19. The number of para-hydroxylation sites is 1. The molecule has 0 aliphatic heterocycles. The van der Waals surface area contributed by atoms with Gasteiger partial charge in [-0.2, -0.15) is 0 Å². The summed E-state index contributed by atoms with van der Waals surface area (Å²) in [6, 6.07) is 14.5. The summed E-state index contributed by atoms with van der Waals surface area (Å²) in [6.45, 7) is 9.86. The lowest BCUT2D eigenvalue weighted by Gasteiger charge is -2.23. The van der Waals surface area contributed by atoms with E-state index in [0.717, 1.165) is 29.9 Å². The molecule has 3 heteroatoms. The van der Waals surface area contributed by atoms with E-state index in [1.165, 1.54) is 11.3 Å². The Morgan fingerprint density at radius 1 is 1.04 bits per heavy atom. The minimum absolute atomic E-state index is 0.0634. The molecule has 0 aliphatic carbocycles. The molecule has 0 bridgehead atoms. The number of carbonyl (C=O) groups is 1. The third kappa shape index (κ3) is 4.59. The minimum atomic E-state index is 0.0634. The first-order valence-electron chi connectivity index (χ1n) is 8.19. The van der Waals surface area contributed by atoms with E-state index >= 15 is 0 Å².